The Hall–Kier alpha value is -2.01. The van der Waals surface area contributed by atoms with Crippen molar-refractivity contribution >= 4 is 11.5 Å². The van der Waals surface area contributed by atoms with E-state index in [2.05, 4.69) is 29.1 Å². The third-order valence-corrected chi connectivity index (χ3v) is 3.09. The summed E-state index contributed by atoms with van der Waals surface area (Å²) in [7, 11) is 1.79. The van der Waals surface area contributed by atoms with Crippen LogP contribution in [0.15, 0.2) is 36.7 Å². The first-order chi connectivity index (χ1) is 10.1. The minimum Gasteiger partial charge on any atom is -0.326 e. The molecule has 0 spiro atoms. The fourth-order valence-corrected chi connectivity index (χ4v) is 1.98. The number of para-hydroxylation sites is 1. The number of hydrogen-bond acceptors (Lipinski definition) is 4. The third-order valence-electron chi connectivity index (χ3n) is 3.09. The summed E-state index contributed by atoms with van der Waals surface area (Å²) in [4.78, 5) is 10.4. The van der Waals surface area contributed by atoms with Crippen LogP contribution in [0.1, 0.15) is 19.5 Å². The Morgan fingerprint density at radius 3 is 2.71 bits per heavy atom. The molecule has 0 amide bonds. The predicted octanol–water partition coefficient (Wildman–Crippen LogP) is 3.13. The van der Waals surface area contributed by atoms with E-state index in [4.69, 9.17) is 0 Å². The first-order valence-electron chi connectivity index (χ1n) is 7.08. The lowest BCUT2D eigenvalue weighted by atomic mass is 10.2. The minimum atomic E-state index is -0.273. The van der Waals surface area contributed by atoms with Crippen molar-refractivity contribution in [2.45, 2.75) is 20.4 Å². The smallest absolute Gasteiger partial charge is 0.151 e. The Kier molecular flexibility index (Phi) is 5.22. The lowest BCUT2D eigenvalue weighted by Gasteiger charge is -2.19. The monoisotopic (exact) mass is 288 g/mol. The van der Waals surface area contributed by atoms with E-state index in [9.17, 15) is 4.39 Å². The van der Waals surface area contributed by atoms with Crippen molar-refractivity contribution in [3.63, 3.8) is 0 Å². The Balaban J connectivity index is 2.11. The topological polar surface area (TPSA) is 41.1 Å². The van der Waals surface area contributed by atoms with E-state index in [0.29, 0.717) is 24.0 Å². The fourth-order valence-electron chi connectivity index (χ4n) is 1.98. The van der Waals surface area contributed by atoms with Crippen LogP contribution >= 0.6 is 0 Å². The molecule has 0 aliphatic rings. The van der Waals surface area contributed by atoms with Crippen LogP contribution in [0.25, 0.3) is 0 Å². The van der Waals surface area contributed by atoms with Gasteiger partial charge in [-0.05, 0) is 24.6 Å². The molecule has 0 aliphatic carbocycles. The minimum absolute atomic E-state index is 0.273. The van der Waals surface area contributed by atoms with Crippen LogP contribution in [-0.2, 0) is 6.54 Å². The number of halogens is 1. The molecule has 1 N–H and O–H groups in total. The number of anilines is 2. The maximum Gasteiger partial charge on any atom is 0.151 e. The van der Waals surface area contributed by atoms with Crippen LogP contribution in [0, 0.1) is 11.7 Å². The average Bonchev–Trinajstić information content (AvgIpc) is 2.47. The van der Waals surface area contributed by atoms with E-state index in [-0.39, 0.29) is 5.82 Å². The van der Waals surface area contributed by atoms with E-state index < -0.39 is 0 Å². The molecular formula is C16H21FN4. The van der Waals surface area contributed by atoms with E-state index in [1.54, 1.807) is 42.5 Å². The van der Waals surface area contributed by atoms with Gasteiger partial charge in [0.15, 0.2) is 5.82 Å². The molecule has 4 nitrogen and oxygen atoms in total. The van der Waals surface area contributed by atoms with Gasteiger partial charge in [-0.25, -0.2) is 9.37 Å². The van der Waals surface area contributed by atoms with Crippen molar-refractivity contribution in [1.82, 2.24) is 15.3 Å². The Morgan fingerprint density at radius 2 is 2.00 bits per heavy atom. The highest BCUT2D eigenvalue weighted by atomic mass is 19.1. The highest BCUT2D eigenvalue weighted by Gasteiger charge is 2.10. The molecule has 0 saturated carbocycles. The molecule has 0 atom stereocenters. The van der Waals surface area contributed by atoms with Gasteiger partial charge in [-0.3, -0.25) is 4.98 Å². The van der Waals surface area contributed by atoms with E-state index >= 15 is 0 Å². The molecule has 112 valence electrons. The second kappa shape index (κ2) is 7.13. The molecule has 2 rings (SSSR count). The zero-order valence-electron chi connectivity index (χ0n) is 12.7. The number of nitrogens with one attached hydrogen (secondary N) is 1. The SMILES string of the molecule is CC(C)CNCc1cncc(N(C)c2ccccc2F)n1. The van der Waals surface area contributed by atoms with Gasteiger partial charge < -0.3 is 10.2 Å². The van der Waals surface area contributed by atoms with E-state index in [0.717, 1.165) is 12.2 Å². The van der Waals surface area contributed by atoms with Crippen LogP contribution in [0.5, 0.6) is 0 Å². The number of nitrogens with zero attached hydrogens (tertiary/aromatic N) is 3. The summed E-state index contributed by atoms with van der Waals surface area (Å²) in [6.45, 7) is 5.89. The van der Waals surface area contributed by atoms with E-state index in [1.807, 2.05) is 0 Å². The third kappa shape index (κ3) is 4.23. The molecule has 1 aromatic carbocycles. The highest BCUT2D eigenvalue weighted by molar-refractivity contribution is 5.58. The van der Waals surface area contributed by atoms with Gasteiger partial charge in [-0.1, -0.05) is 26.0 Å². The molecule has 1 aromatic heterocycles. The number of aromatic nitrogens is 2. The van der Waals surface area contributed by atoms with Gasteiger partial charge in [0, 0.05) is 19.8 Å². The average molecular weight is 288 g/mol. The van der Waals surface area contributed by atoms with Crippen molar-refractivity contribution in [2.24, 2.45) is 5.92 Å². The number of hydrogen-bond donors (Lipinski definition) is 1. The molecule has 1 heterocycles. The lowest BCUT2D eigenvalue weighted by molar-refractivity contribution is 0.547. The molecule has 0 radical (unpaired) electrons. The standard InChI is InChI=1S/C16H21FN4/c1-12(2)8-18-9-13-10-19-11-16(20-13)21(3)15-7-5-4-6-14(15)17/h4-7,10-12,18H,8-9H2,1-3H3. The Labute approximate surface area is 125 Å². The summed E-state index contributed by atoms with van der Waals surface area (Å²) >= 11 is 0. The maximum absolute atomic E-state index is 13.8. The van der Waals surface area contributed by atoms with Gasteiger partial charge in [0.2, 0.25) is 0 Å². The molecule has 21 heavy (non-hydrogen) atoms. The highest BCUT2D eigenvalue weighted by Crippen LogP contribution is 2.23. The molecular weight excluding hydrogens is 267 g/mol. The zero-order valence-corrected chi connectivity index (χ0v) is 12.7. The van der Waals surface area contributed by atoms with Crippen molar-refractivity contribution in [3.05, 3.63) is 48.2 Å². The van der Waals surface area contributed by atoms with Gasteiger partial charge in [0.1, 0.15) is 5.82 Å². The largest absolute Gasteiger partial charge is 0.326 e. The van der Waals surface area contributed by atoms with Crippen molar-refractivity contribution < 1.29 is 4.39 Å². The summed E-state index contributed by atoms with van der Waals surface area (Å²) in [5.74, 6) is 0.941. The lowest BCUT2D eigenvalue weighted by Crippen LogP contribution is -2.20. The number of rotatable bonds is 6. The summed E-state index contributed by atoms with van der Waals surface area (Å²) in [5.41, 5.74) is 1.33. The molecule has 0 unspecified atom stereocenters. The summed E-state index contributed by atoms with van der Waals surface area (Å²) in [6, 6.07) is 6.63. The molecule has 0 saturated heterocycles. The summed E-state index contributed by atoms with van der Waals surface area (Å²) in [5, 5.41) is 3.32. The number of benzene rings is 1. The molecule has 0 aliphatic heterocycles. The first kappa shape index (κ1) is 15.4. The second-order valence-corrected chi connectivity index (χ2v) is 5.40. The van der Waals surface area contributed by atoms with E-state index in [1.165, 1.54) is 6.07 Å². The van der Waals surface area contributed by atoms with Gasteiger partial charge in [-0.15, -0.1) is 0 Å². The quantitative estimate of drug-likeness (QED) is 0.886. The summed E-state index contributed by atoms with van der Waals surface area (Å²) < 4.78 is 13.8. The molecule has 5 heteroatoms. The van der Waals surface area contributed by atoms with Gasteiger partial charge in [0.05, 0.1) is 17.6 Å². The summed E-state index contributed by atoms with van der Waals surface area (Å²) in [6.07, 6.45) is 3.37. The van der Waals surface area contributed by atoms with Crippen molar-refractivity contribution in [1.29, 1.82) is 0 Å². The predicted molar refractivity (Wildman–Crippen MR) is 83.0 cm³/mol. The van der Waals surface area contributed by atoms with Gasteiger partial charge >= 0.3 is 0 Å². The molecule has 0 bridgehead atoms. The Bertz CT molecular complexity index is 586. The first-order valence-corrected chi connectivity index (χ1v) is 7.08. The second-order valence-electron chi connectivity index (χ2n) is 5.40. The zero-order chi connectivity index (χ0) is 15.2. The maximum atomic E-state index is 13.8. The van der Waals surface area contributed by atoms with Crippen molar-refractivity contribution in [3.8, 4) is 0 Å². The van der Waals surface area contributed by atoms with Gasteiger partial charge in [0.25, 0.3) is 0 Å². The molecule has 2 aromatic rings. The van der Waals surface area contributed by atoms with Gasteiger partial charge in [-0.2, -0.15) is 0 Å². The Morgan fingerprint density at radius 1 is 1.24 bits per heavy atom. The van der Waals surface area contributed by atoms with Crippen LogP contribution in [0.3, 0.4) is 0 Å². The van der Waals surface area contributed by atoms with Crippen LogP contribution in [-0.4, -0.2) is 23.6 Å². The normalized spacial score (nSPS) is 10.9. The molecule has 0 fully saturated rings. The van der Waals surface area contributed by atoms with Crippen molar-refractivity contribution in [2.75, 3.05) is 18.5 Å². The fraction of sp³-hybridized carbons (Fsp3) is 0.375. The van der Waals surface area contributed by atoms with Crippen LogP contribution in [0.4, 0.5) is 15.9 Å². The van der Waals surface area contributed by atoms with Crippen LogP contribution < -0.4 is 10.2 Å². The van der Waals surface area contributed by atoms with Crippen LogP contribution in [0.2, 0.25) is 0 Å².